The lowest BCUT2D eigenvalue weighted by Gasteiger charge is -2.13. The van der Waals surface area contributed by atoms with E-state index in [0.29, 0.717) is 6.42 Å². The summed E-state index contributed by atoms with van der Waals surface area (Å²) in [4.78, 5) is 15.7. The lowest BCUT2D eigenvalue weighted by atomic mass is 9.94. The Kier molecular flexibility index (Phi) is 2.96. The molecule has 0 fully saturated rings. The third kappa shape index (κ3) is 2.26. The highest BCUT2D eigenvalue weighted by Crippen LogP contribution is 2.36. The second-order valence-electron chi connectivity index (χ2n) is 4.76. The molecule has 3 rings (SSSR count). The van der Waals surface area contributed by atoms with Crippen molar-refractivity contribution < 1.29 is 23.1 Å². The molecule has 0 aromatic carbocycles. The van der Waals surface area contributed by atoms with Crippen molar-refractivity contribution in [3.05, 3.63) is 35.4 Å². The van der Waals surface area contributed by atoms with Gasteiger partial charge in [-0.05, 0) is 12.8 Å². The Bertz CT molecular complexity index is 722. The molecule has 5 nitrogen and oxygen atoms in total. The van der Waals surface area contributed by atoms with Crippen LogP contribution in [0, 0.1) is 0 Å². The van der Waals surface area contributed by atoms with Gasteiger partial charge < -0.3 is 5.11 Å². The Balaban J connectivity index is 2.26. The molecule has 2 aromatic rings. The number of rotatable bonds is 1. The highest BCUT2D eigenvalue weighted by atomic mass is 19.4. The van der Waals surface area contributed by atoms with E-state index < -0.39 is 11.9 Å². The maximum Gasteiger partial charge on any atom is 0.435 e. The molecule has 0 amide bonds. The smallest absolute Gasteiger partial charge is 0.435 e. The first kappa shape index (κ1) is 13.6. The topological polar surface area (TPSA) is 68.0 Å². The summed E-state index contributed by atoms with van der Waals surface area (Å²) in [6.07, 6.45) is -1.53. The molecular weight excluding hydrogens is 287 g/mol. The summed E-state index contributed by atoms with van der Waals surface area (Å²) in [5, 5.41) is 12.9. The van der Waals surface area contributed by atoms with Gasteiger partial charge >= 0.3 is 6.18 Å². The molecule has 1 aliphatic carbocycles. The number of halogens is 3. The molecular formula is C13H10F3N3O2. The van der Waals surface area contributed by atoms with E-state index in [4.69, 9.17) is 0 Å². The fourth-order valence-electron chi connectivity index (χ4n) is 2.46. The highest BCUT2D eigenvalue weighted by Gasteiger charge is 2.41. The van der Waals surface area contributed by atoms with Gasteiger partial charge in [-0.3, -0.25) is 9.78 Å². The molecule has 8 heteroatoms. The average molecular weight is 297 g/mol. The van der Waals surface area contributed by atoms with E-state index in [0.717, 1.165) is 10.9 Å². The van der Waals surface area contributed by atoms with Gasteiger partial charge in [0, 0.05) is 18.1 Å². The number of Topliss-reactive ketones (excluding diaryl/α,β-unsaturated/α-hetero) is 1. The molecule has 1 aliphatic rings. The number of aromatic hydroxyl groups is 1. The molecule has 0 aliphatic heterocycles. The molecule has 2 heterocycles. The first-order chi connectivity index (χ1) is 9.88. The van der Waals surface area contributed by atoms with Crippen LogP contribution in [0.25, 0.3) is 5.69 Å². The lowest BCUT2D eigenvalue weighted by Crippen LogP contribution is -2.16. The van der Waals surface area contributed by atoms with E-state index in [1.54, 1.807) is 0 Å². The van der Waals surface area contributed by atoms with Crippen LogP contribution in [0.2, 0.25) is 0 Å². The summed E-state index contributed by atoms with van der Waals surface area (Å²) in [6, 6.07) is 1.21. The van der Waals surface area contributed by atoms with Crippen molar-refractivity contribution in [2.45, 2.75) is 25.4 Å². The normalized spacial score (nSPS) is 15.1. The molecule has 0 unspecified atom stereocenters. The van der Waals surface area contributed by atoms with Gasteiger partial charge in [-0.2, -0.15) is 18.3 Å². The molecule has 0 radical (unpaired) electrons. The Morgan fingerprint density at radius 3 is 2.67 bits per heavy atom. The van der Waals surface area contributed by atoms with E-state index in [1.165, 1.54) is 12.3 Å². The van der Waals surface area contributed by atoms with Gasteiger partial charge in [0.1, 0.15) is 11.4 Å². The first-order valence-corrected chi connectivity index (χ1v) is 6.24. The highest BCUT2D eigenvalue weighted by molar-refractivity contribution is 5.97. The van der Waals surface area contributed by atoms with Crippen LogP contribution in [0.15, 0.2) is 18.5 Å². The summed E-state index contributed by atoms with van der Waals surface area (Å²) >= 11 is 0. The number of fused-ring (bicyclic) bond motifs is 1. The number of aromatic nitrogens is 3. The average Bonchev–Trinajstić information content (AvgIpc) is 2.79. The maximum atomic E-state index is 13.1. The number of carbonyl (C=O) groups is 1. The standard InChI is InChI=1S/C13H10F3N3O2/c14-13(15,16)12-9-2-1-3-10(21)11(9)19(18-12)7-4-8(20)6-17-5-7/h4-6,20H,1-3H2. The quantitative estimate of drug-likeness (QED) is 0.878. The van der Waals surface area contributed by atoms with Crippen LogP contribution in [0.1, 0.15) is 34.6 Å². The van der Waals surface area contributed by atoms with Gasteiger partial charge in [-0.1, -0.05) is 0 Å². The summed E-state index contributed by atoms with van der Waals surface area (Å²) in [6.45, 7) is 0. The predicted molar refractivity (Wildman–Crippen MR) is 65.3 cm³/mol. The zero-order chi connectivity index (χ0) is 15.2. The number of nitrogens with zero attached hydrogens (tertiary/aromatic N) is 3. The molecule has 0 saturated heterocycles. The van der Waals surface area contributed by atoms with Crippen molar-refractivity contribution in [1.82, 2.24) is 14.8 Å². The van der Waals surface area contributed by atoms with Crippen molar-refractivity contribution in [3.8, 4) is 11.4 Å². The second-order valence-corrected chi connectivity index (χ2v) is 4.76. The van der Waals surface area contributed by atoms with Gasteiger partial charge in [0.25, 0.3) is 0 Å². The monoisotopic (exact) mass is 297 g/mol. The Hall–Kier alpha value is -2.38. The van der Waals surface area contributed by atoms with E-state index in [9.17, 15) is 23.1 Å². The summed E-state index contributed by atoms with van der Waals surface area (Å²) in [5.74, 6) is -0.601. The van der Waals surface area contributed by atoms with Crippen LogP contribution in [-0.4, -0.2) is 25.7 Å². The summed E-state index contributed by atoms with van der Waals surface area (Å²) in [7, 11) is 0. The Labute approximate surface area is 117 Å². The number of hydrogen-bond acceptors (Lipinski definition) is 4. The van der Waals surface area contributed by atoms with Gasteiger partial charge in [0.15, 0.2) is 11.5 Å². The second kappa shape index (κ2) is 4.57. The van der Waals surface area contributed by atoms with Crippen molar-refractivity contribution >= 4 is 5.78 Å². The third-order valence-electron chi connectivity index (χ3n) is 3.30. The van der Waals surface area contributed by atoms with E-state index >= 15 is 0 Å². The van der Waals surface area contributed by atoms with Crippen molar-refractivity contribution in [2.24, 2.45) is 0 Å². The predicted octanol–water partition coefficient (Wildman–Crippen LogP) is 2.51. The largest absolute Gasteiger partial charge is 0.506 e. The van der Waals surface area contributed by atoms with Gasteiger partial charge in [-0.25, -0.2) is 4.68 Å². The number of hydrogen-bond donors (Lipinski definition) is 1. The van der Waals surface area contributed by atoms with Gasteiger partial charge in [0.2, 0.25) is 0 Å². The minimum atomic E-state index is -4.63. The minimum absolute atomic E-state index is 0.0685. The Morgan fingerprint density at radius 2 is 2.00 bits per heavy atom. The molecule has 0 saturated carbocycles. The third-order valence-corrected chi connectivity index (χ3v) is 3.30. The minimum Gasteiger partial charge on any atom is -0.506 e. The first-order valence-electron chi connectivity index (χ1n) is 6.24. The van der Waals surface area contributed by atoms with Crippen LogP contribution >= 0.6 is 0 Å². The van der Waals surface area contributed by atoms with Gasteiger partial charge in [0.05, 0.1) is 18.1 Å². The molecule has 1 N–H and O–H groups in total. The Morgan fingerprint density at radius 1 is 1.24 bits per heavy atom. The fourth-order valence-corrected chi connectivity index (χ4v) is 2.46. The van der Waals surface area contributed by atoms with Crippen LogP contribution in [0.4, 0.5) is 13.2 Å². The molecule has 0 bridgehead atoms. The number of alkyl halides is 3. The van der Waals surface area contributed by atoms with Crippen molar-refractivity contribution in [1.29, 1.82) is 0 Å². The van der Waals surface area contributed by atoms with Crippen molar-refractivity contribution in [3.63, 3.8) is 0 Å². The molecule has 0 spiro atoms. The van der Waals surface area contributed by atoms with Crippen LogP contribution in [0.3, 0.4) is 0 Å². The molecule has 0 atom stereocenters. The van der Waals surface area contributed by atoms with Crippen LogP contribution in [-0.2, 0) is 12.6 Å². The maximum absolute atomic E-state index is 13.1. The molecule has 21 heavy (non-hydrogen) atoms. The van der Waals surface area contributed by atoms with E-state index in [2.05, 4.69) is 10.1 Å². The van der Waals surface area contributed by atoms with E-state index in [1.807, 2.05) is 0 Å². The molecule has 2 aromatic heterocycles. The zero-order valence-corrected chi connectivity index (χ0v) is 10.7. The number of pyridine rings is 1. The summed E-state index contributed by atoms with van der Waals surface area (Å²) < 4.78 is 40.1. The number of carbonyl (C=O) groups excluding carboxylic acids is 1. The molecule has 110 valence electrons. The van der Waals surface area contributed by atoms with Gasteiger partial charge in [-0.15, -0.1) is 0 Å². The number of ketones is 1. The van der Waals surface area contributed by atoms with E-state index in [-0.39, 0.29) is 41.3 Å². The fraction of sp³-hybridized carbons (Fsp3) is 0.308. The lowest BCUT2D eigenvalue weighted by molar-refractivity contribution is -0.142. The van der Waals surface area contributed by atoms with Crippen LogP contribution < -0.4 is 0 Å². The SMILES string of the molecule is O=C1CCCc2c(C(F)(F)F)nn(-c3cncc(O)c3)c21. The van der Waals surface area contributed by atoms with Crippen LogP contribution in [0.5, 0.6) is 5.75 Å². The van der Waals surface area contributed by atoms with Crippen molar-refractivity contribution in [2.75, 3.05) is 0 Å². The summed E-state index contributed by atoms with van der Waals surface area (Å²) in [5.41, 5.74) is -1.08. The zero-order valence-electron chi connectivity index (χ0n) is 10.7.